The Bertz CT molecular complexity index is 119. The molecule has 0 unspecified atom stereocenters. The molecule has 0 spiro atoms. The van der Waals surface area contributed by atoms with Gasteiger partial charge in [0.15, 0.2) is 0 Å². The molecule has 1 nitrogen and oxygen atoms in total. The fourth-order valence-corrected chi connectivity index (χ4v) is 0.883. The fraction of sp³-hybridized carbons (Fsp3) is 0.750. The van der Waals surface area contributed by atoms with Crippen molar-refractivity contribution in [1.82, 2.24) is 0 Å². The van der Waals surface area contributed by atoms with E-state index in [1.54, 1.807) is 0 Å². The first-order valence-electron chi connectivity index (χ1n) is 3.47. The van der Waals surface area contributed by atoms with Crippen LogP contribution in [0.15, 0.2) is 0 Å². The number of aliphatic hydroxyl groups is 1. The van der Waals surface area contributed by atoms with Gasteiger partial charge < -0.3 is 5.11 Å². The molecule has 50 valence electrons. The molecular weight excluding hydrogens is 112 g/mol. The molecule has 0 bridgehead atoms. The number of rotatable bonds is 3. The monoisotopic (exact) mass is 124 g/mol. The average molecular weight is 124 g/mol. The first-order valence-corrected chi connectivity index (χ1v) is 3.47. The highest BCUT2D eigenvalue weighted by atomic mass is 16.3. The fourth-order valence-electron chi connectivity index (χ4n) is 0.883. The van der Waals surface area contributed by atoms with Crippen LogP contribution >= 0.6 is 0 Å². The van der Waals surface area contributed by atoms with E-state index in [2.05, 4.69) is 5.92 Å². The minimum Gasteiger partial charge on any atom is -0.380 e. The smallest absolute Gasteiger partial charge is 0.114 e. The molecule has 0 aliphatic heterocycles. The normalized spacial score (nSPS) is 20.9. The minimum atomic E-state index is -0.495. The van der Waals surface area contributed by atoms with Crippen molar-refractivity contribution in [2.75, 3.05) is 0 Å². The average Bonchev–Trinajstić information content (AvgIpc) is 2.65. The van der Waals surface area contributed by atoms with E-state index in [9.17, 15) is 0 Å². The third-order valence-electron chi connectivity index (χ3n) is 1.74. The maximum atomic E-state index is 8.90. The van der Waals surface area contributed by atoms with Crippen LogP contribution in [0.25, 0.3) is 0 Å². The van der Waals surface area contributed by atoms with Crippen LogP contribution < -0.4 is 0 Å². The molecule has 0 saturated heterocycles. The first kappa shape index (κ1) is 6.64. The molecule has 1 aliphatic rings. The standard InChI is InChI=1S/C8H12O/c1-2-8(9)6-5-7-3-4-7/h1,7-9H,3-6H2/t8-/m1/s1. The molecule has 0 heterocycles. The number of aliphatic hydroxyl groups excluding tert-OH is 1. The van der Waals surface area contributed by atoms with Crippen LogP contribution in [-0.4, -0.2) is 11.2 Å². The summed E-state index contributed by atoms with van der Waals surface area (Å²) < 4.78 is 0. The van der Waals surface area contributed by atoms with E-state index in [1.165, 1.54) is 12.8 Å². The predicted molar refractivity (Wildman–Crippen MR) is 36.8 cm³/mol. The summed E-state index contributed by atoms with van der Waals surface area (Å²) in [7, 11) is 0. The second-order valence-electron chi connectivity index (χ2n) is 2.70. The van der Waals surface area contributed by atoms with E-state index in [1.807, 2.05) is 0 Å². The SMILES string of the molecule is C#C[C@@H](O)CCC1CC1. The van der Waals surface area contributed by atoms with Crippen LogP contribution in [0, 0.1) is 18.3 Å². The van der Waals surface area contributed by atoms with Crippen molar-refractivity contribution in [3.8, 4) is 12.3 Å². The number of hydrogen-bond acceptors (Lipinski definition) is 1. The maximum Gasteiger partial charge on any atom is 0.114 e. The highest BCUT2D eigenvalue weighted by Gasteiger charge is 2.21. The summed E-state index contributed by atoms with van der Waals surface area (Å²) in [5.41, 5.74) is 0. The lowest BCUT2D eigenvalue weighted by Crippen LogP contribution is -2.01. The van der Waals surface area contributed by atoms with Crippen LogP contribution in [0.4, 0.5) is 0 Å². The molecule has 1 saturated carbocycles. The summed E-state index contributed by atoms with van der Waals surface area (Å²) in [6.45, 7) is 0. The lowest BCUT2D eigenvalue weighted by atomic mass is 10.1. The highest BCUT2D eigenvalue weighted by molar-refractivity contribution is 4.93. The van der Waals surface area contributed by atoms with Crippen molar-refractivity contribution < 1.29 is 5.11 Å². The van der Waals surface area contributed by atoms with Gasteiger partial charge in [-0.25, -0.2) is 0 Å². The van der Waals surface area contributed by atoms with Crippen LogP contribution in [-0.2, 0) is 0 Å². The Hall–Kier alpha value is -0.480. The number of terminal acetylenes is 1. The zero-order valence-corrected chi connectivity index (χ0v) is 5.51. The lowest BCUT2D eigenvalue weighted by molar-refractivity contribution is 0.216. The Balaban J connectivity index is 1.97. The van der Waals surface area contributed by atoms with Gasteiger partial charge in [-0.15, -0.1) is 6.42 Å². The Morgan fingerprint density at radius 2 is 2.33 bits per heavy atom. The van der Waals surface area contributed by atoms with E-state index >= 15 is 0 Å². The van der Waals surface area contributed by atoms with E-state index in [0.29, 0.717) is 0 Å². The first-order chi connectivity index (χ1) is 4.33. The Morgan fingerprint density at radius 3 is 2.78 bits per heavy atom. The van der Waals surface area contributed by atoms with Crippen molar-refractivity contribution in [3.05, 3.63) is 0 Å². The quantitative estimate of drug-likeness (QED) is 0.560. The second-order valence-corrected chi connectivity index (χ2v) is 2.70. The van der Waals surface area contributed by atoms with Gasteiger partial charge in [-0.3, -0.25) is 0 Å². The van der Waals surface area contributed by atoms with Gasteiger partial charge >= 0.3 is 0 Å². The minimum absolute atomic E-state index is 0.495. The Labute approximate surface area is 56.1 Å². The molecule has 1 N–H and O–H groups in total. The van der Waals surface area contributed by atoms with Crippen molar-refractivity contribution in [2.24, 2.45) is 5.92 Å². The summed E-state index contributed by atoms with van der Waals surface area (Å²) >= 11 is 0. The summed E-state index contributed by atoms with van der Waals surface area (Å²) in [4.78, 5) is 0. The van der Waals surface area contributed by atoms with Crippen molar-refractivity contribution >= 4 is 0 Å². The molecule has 0 radical (unpaired) electrons. The molecular formula is C8H12O. The predicted octanol–water partition coefficient (Wildman–Crippen LogP) is 1.17. The zero-order chi connectivity index (χ0) is 6.69. The highest BCUT2D eigenvalue weighted by Crippen LogP contribution is 2.33. The van der Waals surface area contributed by atoms with Crippen molar-refractivity contribution in [2.45, 2.75) is 31.8 Å². The summed E-state index contributed by atoms with van der Waals surface area (Å²) in [5, 5.41) is 8.90. The van der Waals surface area contributed by atoms with Crippen LogP contribution in [0.1, 0.15) is 25.7 Å². The van der Waals surface area contributed by atoms with Crippen LogP contribution in [0.3, 0.4) is 0 Å². The number of hydrogen-bond donors (Lipinski definition) is 1. The van der Waals surface area contributed by atoms with Gasteiger partial charge in [0, 0.05) is 0 Å². The van der Waals surface area contributed by atoms with Gasteiger partial charge in [0.25, 0.3) is 0 Å². The van der Waals surface area contributed by atoms with Crippen molar-refractivity contribution in [1.29, 1.82) is 0 Å². The molecule has 1 aliphatic carbocycles. The molecule has 9 heavy (non-hydrogen) atoms. The largest absolute Gasteiger partial charge is 0.380 e. The van der Waals surface area contributed by atoms with Crippen molar-refractivity contribution in [3.63, 3.8) is 0 Å². The van der Waals surface area contributed by atoms with Gasteiger partial charge in [0.1, 0.15) is 6.10 Å². The second kappa shape index (κ2) is 2.89. The molecule has 1 atom stereocenters. The third-order valence-corrected chi connectivity index (χ3v) is 1.74. The molecule has 0 aromatic rings. The van der Waals surface area contributed by atoms with Gasteiger partial charge in [-0.1, -0.05) is 18.8 Å². The molecule has 1 fully saturated rings. The van der Waals surface area contributed by atoms with Gasteiger partial charge in [0.2, 0.25) is 0 Å². The molecule has 0 amide bonds. The van der Waals surface area contributed by atoms with E-state index < -0.39 is 6.10 Å². The van der Waals surface area contributed by atoms with E-state index in [-0.39, 0.29) is 0 Å². The summed E-state index contributed by atoms with van der Waals surface area (Å²) in [6, 6.07) is 0. The summed E-state index contributed by atoms with van der Waals surface area (Å²) in [5.74, 6) is 3.19. The van der Waals surface area contributed by atoms with E-state index in [0.717, 1.165) is 18.8 Å². The van der Waals surface area contributed by atoms with E-state index in [4.69, 9.17) is 11.5 Å². The molecule has 1 heteroatoms. The molecule has 0 aromatic heterocycles. The molecule has 1 rings (SSSR count). The third kappa shape index (κ3) is 2.53. The van der Waals surface area contributed by atoms with Gasteiger partial charge in [-0.2, -0.15) is 0 Å². The maximum absolute atomic E-state index is 8.90. The Morgan fingerprint density at radius 1 is 1.67 bits per heavy atom. The Kier molecular flexibility index (Phi) is 2.13. The van der Waals surface area contributed by atoms with Gasteiger partial charge in [-0.05, 0) is 18.8 Å². The zero-order valence-electron chi connectivity index (χ0n) is 5.51. The van der Waals surface area contributed by atoms with Gasteiger partial charge in [0.05, 0.1) is 0 Å². The lowest BCUT2D eigenvalue weighted by Gasteiger charge is -1.99. The van der Waals surface area contributed by atoms with Crippen LogP contribution in [0.5, 0.6) is 0 Å². The molecule has 0 aromatic carbocycles. The summed E-state index contributed by atoms with van der Waals surface area (Å²) in [6.07, 6.45) is 9.08. The topological polar surface area (TPSA) is 20.2 Å². The van der Waals surface area contributed by atoms with Crippen LogP contribution in [0.2, 0.25) is 0 Å².